The summed E-state index contributed by atoms with van der Waals surface area (Å²) >= 11 is 0. The van der Waals surface area contributed by atoms with E-state index < -0.39 is 11.2 Å². The molecule has 33 heavy (non-hydrogen) atoms. The first kappa shape index (κ1) is 24.7. The van der Waals surface area contributed by atoms with Crippen LogP contribution in [0.1, 0.15) is 44.4 Å². The Kier molecular flexibility index (Phi) is 8.43. The van der Waals surface area contributed by atoms with Gasteiger partial charge in [0.05, 0.1) is 13.2 Å². The van der Waals surface area contributed by atoms with Crippen molar-refractivity contribution in [3.8, 4) is 0 Å². The van der Waals surface area contributed by atoms with Crippen LogP contribution in [0.15, 0.2) is 91.0 Å². The van der Waals surface area contributed by atoms with Crippen LogP contribution in [0.4, 0.5) is 0 Å². The minimum atomic E-state index is -0.761. The van der Waals surface area contributed by atoms with Gasteiger partial charge in [0.25, 0.3) is 0 Å². The molecule has 0 heterocycles. The van der Waals surface area contributed by atoms with Crippen molar-refractivity contribution in [2.75, 3.05) is 19.8 Å². The minimum absolute atomic E-state index is 0.0667. The highest BCUT2D eigenvalue weighted by molar-refractivity contribution is 5.71. The van der Waals surface area contributed by atoms with Crippen LogP contribution >= 0.6 is 0 Å². The van der Waals surface area contributed by atoms with Crippen LogP contribution in [0.2, 0.25) is 0 Å². The Bertz CT molecular complexity index is 882. The molecule has 3 rings (SSSR count). The average Bonchev–Trinajstić information content (AvgIpc) is 2.80. The number of benzene rings is 3. The normalized spacial score (nSPS) is 12.8. The van der Waals surface area contributed by atoms with Crippen molar-refractivity contribution in [2.24, 2.45) is 5.92 Å². The molecule has 1 atom stereocenters. The fourth-order valence-corrected chi connectivity index (χ4v) is 3.80. The molecule has 0 aliphatic rings. The lowest BCUT2D eigenvalue weighted by molar-refractivity contribution is -0.161. The molecule has 3 aromatic rings. The number of carbonyl (C=O) groups excluding carboxylic acids is 1. The number of hydrogen-bond donors (Lipinski definition) is 0. The monoisotopic (exact) mass is 446 g/mol. The van der Waals surface area contributed by atoms with Crippen molar-refractivity contribution < 1.29 is 19.0 Å². The summed E-state index contributed by atoms with van der Waals surface area (Å²) in [5.41, 5.74) is 1.90. The lowest BCUT2D eigenvalue weighted by Crippen LogP contribution is -2.35. The third-order valence-electron chi connectivity index (χ3n) is 5.17. The van der Waals surface area contributed by atoms with Gasteiger partial charge in [0.15, 0.2) is 0 Å². The van der Waals surface area contributed by atoms with Gasteiger partial charge < -0.3 is 14.2 Å². The van der Waals surface area contributed by atoms with Crippen LogP contribution in [0, 0.1) is 5.92 Å². The van der Waals surface area contributed by atoms with E-state index in [1.165, 1.54) is 0 Å². The number of rotatable bonds is 10. The average molecular weight is 447 g/mol. The first-order valence-corrected chi connectivity index (χ1v) is 11.4. The van der Waals surface area contributed by atoms with Gasteiger partial charge in [-0.25, -0.2) is 4.79 Å². The molecule has 4 nitrogen and oxygen atoms in total. The molecule has 0 aromatic heterocycles. The Morgan fingerprint density at radius 2 is 1.15 bits per heavy atom. The summed E-state index contributed by atoms with van der Waals surface area (Å²) in [7, 11) is 0. The van der Waals surface area contributed by atoms with Gasteiger partial charge in [0.2, 0.25) is 0 Å². The molecule has 174 valence electrons. The molecule has 0 spiro atoms. The van der Waals surface area contributed by atoms with Crippen LogP contribution < -0.4 is 0 Å². The zero-order valence-electron chi connectivity index (χ0n) is 20.0. The number of carbonyl (C=O) groups is 1. The van der Waals surface area contributed by atoms with E-state index in [9.17, 15) is 4.79 Å². The van der Waals surface area contributed by atoms with E-state index in [0.717, 1.165) is 16.7 Å². The van der Waals surface area contributed by atoms with Gasteiger partial charge in [0, 0.05) is 5.92 Å². The summed E-state index contributed by atoms with van der Waals surface area (Å²) in [6.45, 7) is 8.37. The second kappa shape index (κ2) is 11.3. The molecule has 4 heteroatoms. The second-order valence-corrected chi connectivity index (χ2v) is 9.30. The molecule has 0 bridgehead atoms. The van der Waals surface area contributed by atoms with Gasteiger partial charge in [0.1, 0.15) is 17.8 Å². The standard InChI is InChI=1S/C29H34O4/c1-23(20-31-22-27(30)33-28(2,3)4)21-32-29(24-14-8-5-9-15-24,25-16-10-6-11-17-25)26-18-12-7-13-19-26/h5-19,23H,20-22H2,1-4H3/t23-/m0/s1. The number of ether oxygens (including phenoxy) is 3. The lowest BCUT2D eigenvalue weighted by atomic mass is 9.80. The maximum atomic E-state index is 11.9. The van der Waals surface area contributed by atoms with E-state index in [4.69, 9.17) is 14.2 Å². The predicted octanol–water partition coefficient (Wildman–Crippen LogP) is 5.99. The van der Waals surface area contributed by atoms with Crippen molar-refractivity contribution >= 4 is 5.97 Å². The predicted molar refractivity (Wildman–Crippen MR) is 131 cm³/mol. The smallest absolute Gasteiger partial charge is 0.332 e. The molecule has 0 saturated carbocycles. The van der Waals surface area contributed by atoms with E-state index >= 15 is 0 Å². The van der Waals surface area contributed by atoms with Crippen LogP contribution in [-0.4, -0.2) is 31.4 Å². The summed E-state index contributed by atoms with van der Waals surface area (Å²) in [5.74, 6) is -0.286. The molecule has 0 unspecified atom stereocenters. The lowest BCUT2D eigenvalue weighted by Gasteiger charge is -2.36. The topological polar surface area (TPSA) is 44.8 Å². The Morgan fingerprint density at radius 3 is 1.55 bits per heavy atom. The second-order valence-electron chi connectivity index (χ2n) is 9.30. The van der Waals surface area contributed by atoms with Gasteiger partial charge in [-0.2, -0.15) is 0 Å². The Hall–Kier alpha value is -2.95. The first-order chi connectivity index (χ1) is 15.8. The Labute approximate surface area is 197 Å². The number of hydrogen-bond acceptors (Lipinski definition) is 4. The van der Waals surface area contributed by atoms with Gasteiger partial charge in [-0.1, -0.05) is 97.9 Å². The molecule has 0 aliphatic carbocycles. The largest absolute Gasteiger partial charge is 0.458 e. The highest BCUT2D eigenvalue weighted by Crippen LogP contribution is 2.40. The minimum Gasteiger partial charge on any atom is -0.458 e. The summed E-state index contributed by atoms with van der Waals surface area (Å²) in [6.07, 6.45) is 0. The third-order valence-corrected chi connectivity index (χ3v) is 5.17. The first-order valence-electron chi connectivity index (χ1n) is 11.4. The van der Waals surface area contributed by atoms with Crippen molar-refractivity contribution in [1.29, 1.82) is 0 Å². The summed E-state index contributed by atoms with van der Waals surface area (Å²) < 4.78 is 17.7. The zero-order valence-corrected chi connectivity index (χ0v) is 20.0. The fraction of sp³-hybridized carbons (Fsp3) is 0.345. The maximum Gasteiger partial charge on any atom is 0.332 e. The van der Waals surface area contributed by atoms with Gasteiger partial charge in [-0.05, 0) is 37.5 Å². The quantitative estimate of drug-likeness (QED) is 0.283. The van der Waals surface area contributed by atoms with E-state index in [1.807, 2.05) is 75.4 Å². The third kappa shape index (κ3) is 6.77. The molecule has 0 amide bonds. The maximum absolute atomic E-state index is 11.9. The van der Waals surface area contributed by atoms with Gasteiger partial charge >= 0.3 is 5.97 Å². The molecule has 0 radical (unpaired) electrons. The van der Waals surface area contributed by atoms with Gasteiger partial charge in [-0.15, -0.1) is 0 Å². The Morgan fingerprint density at radius 1 is 0.727 bits per heavy atom. The zero-order chi connectivity index (χ0) is 23.7. The van der Waals surface area contributed by atoms with E-state index in [-0.39, 0.29) is 18.5 Å². The van der Waals surface area contributed by atoms with E-state index in [2.05, 4.69) is 43.3 Å². The van der Waals surface area contributed by atoms with Crippen LogP contribution in [-0.2, 0) is 24.6 Å². The SMILES string of the molecule is C[C@@H](COCC(=O)OC(C)(C)C)COC(c1ccccc1)(c1ccccc1)c1ccccc1. The molecular weight excluding hydrogens is 412 g/mol. The molecular formula is C29H34O4. The van der Waals surface area contributed by atoms with Crippen LogP contribution in [0.5, 0.6) is 0 Å². The molecule has 3 aromatic carbocycles. The fourth-order valence-electron chi connectivity index (χ4n) is 3.80. The van der Waals surface area contributed by atoms with Crippen LogP contribution in [0.3, 0.4) is 0 Å². The van der Waals surface area contributed by atoms with Crippen molar-refractivity contribution in [3.05, 3.63) is 108 Å². The molecule has 0 N–H and O–H groups in total. The number of esters is 1. The summed E-state index contributed by atoms with van der Waals surface area (Å²) in [4.78, 5) is 11.9. The molecule has 0 fully saturated rings. The van der Waals surface area contributed by atoms with Crippen molar-refractivity contribution in [3.63, 3.8) is 0 Å². The molecule has 0 aliphatic heterocycles. The van der Waals surface area contributed by atoms with Crippen molar-refractivity contribution in [1.82, 2.24) is 0 Å². The highest BCUT2D eigenvalue weighted by atomic mass is 16.6. The highest BCUT2D eigenvalue weighted by Gasteiger charge is 2.37. The molecule has 0 saturated heterocycles. The van der Waals surface area contributed by atoms with Gasteiger partial charge in [-0.3, -0.25) is 0 Å². The van der Waals surface area contributed by atoms with E-state index in [0.29, 0.717) is 13.2 Å². The summed E-state index contributed by atoms with van der Waals surface area (Å²) in [6, 6.07) is 30.8. The van der Waals surface area contributed by atoms with Crippen LogP contribution in [0.25, 0.3) is 0 Å². The van der Waals surface area contributed by atoms with Crippen molar-refractivity contribution in [2.45, 2.75) is 38.9 Å². The Balaban J connectivity index is 1.80. The van der Waals surface area contributed by atoms with E-state index in [1.54, 1.807) is 0 Å². The summed E-state index contributed by atoms with van der Waals surface area (Å²) in [5, 5.41) is 0.